The zero-order chi connectivity index (χ0) is 14.7. The van der Waals surface area contributed by atoms with Crippen molar-refractivity contribution in [3.8, 4) is 5.75 Å². The highest BCUT2D eigenvalue weighted by atomic mass is 16.5. The molecule has 112 valence electrons. The Morgan fingerprint density at radius 3 is 2.70 bits per heavy atom. The maximum absolute atomic E-state index is 5.52. The Morgan fingerprint density at radius 1 is 1.25 bits per heavy atom. The van der Waals surface area contributed by atoms with Gasteiger partial charge in [0.1, 0.15) is 5.75 Å². The Morgan fingerprint density at radius 2 is 2.00 bits per heavy atom. The fraction of sp³-hybridized carbons (Fsp3) is 0.667. The molecular weight excluding hydrogens is 246 g/mol. The predicted octanol–water partition coefficient (Wildman–Crippen LogP) is 4.48. The van der Waals surface area contributed by atoms with Crippen molar-refractivity contribution in [3.63, 3.8) is 0 Å². The summed E-state index contributed by atoms with van der Waals surface area (Å²) in [5, 5.41) is 3.84. The van der Waals surface area contributed by atoms with Gasteiger partial charge in [0.05, 0.1) is 7.11 Å². The van der Waals surface area contributed by atoms with Crippen molar-refractivity contribution in [3.05, 3.63) is 29.3 Å². The highest BCUT2D eigenvalue weighted by Gasteiger charge is 2.27. The molecule has 1 aliphatic rings. The first-order valence-corrected chi connectivity index (χ1v) is 7.91. The van der Waals surface area contributed by atoms with Crippen LogP contribution in [0, 0.1) is 18.8 Å². The fourth-order valence-corrected chi connectivity index (χ4v) is 3.37. The maximum atomic E-state index is 5.52. The zero-order valence-electron chi connectivity index (χ0n) is 13.6. The van der Waals surface area contributed by atoms with Crippen LogP contribution in [0.2, 0.25) is 0 Å². The molecule has 0 amide bonds. The molecule has 0 aromatic heterocycles. The topological polar surface area (TPSA) is 21.3 Å². The van der Waals surface area contributed by atoms with Crippen molar-refractivity contribution < 1.29 is 4.74 Å². The van der Waals surface area contributed by atoms with E-state index >= 15 is 0 Å². The SMILES string of the molecule is COc1ccc(C)cc1C(C)NC1CC(C)CCC1C. The maximum Gasteiger partial charge on any atom is 0.123 e. The van der Waals surface area contributed by atoms with Gasteiger partial charge in [-0.25, -0.2) is 0 Å². The third-order valence-electron chi connectivity index (χ3n) is 4.77. The van der Waals surface area contributed by atoms with Crippen LogP contribution in [0.3, 0.4) is 0 Å². The molecule has 4 unspecified atom stereocenters. The Bertz CT molecular complexity index is 443. The molecule has 0 spiro atoms. The van der Waals surface area contributed by atoms with Crippen LogP contribution in [-0.4, -0.2) is 13.2 Å². The molecule has 0 bridgehead atoms. The van der Waals surface area contributed by atoms with E-state index in [9.17, 15) is 0 Å². The minimum absolute atomic E-state index is 0.336. The number of methoxy groups -OCH3 is 1. The van der Waals surface area contributed by atoms with Gasteiger partial charge in [0.25, 0.3) is 0 Å². The van der Waals surface area contributed by atoms with Crippen LogP contribution in [0.15, 0.2) is 18.2 Å². The van der Waals surface area contributed by atoms with E-state index < -0.39 is 0 Å². The van der Waals surface area contributed by atoms with Gasteiger partial charge in [0, 0.05) is 17.6 Å². The number of benzene rings is 1. The van der Waals surface area contributed by atoms with Crippen molar-refractivity contribution in [2.75, 3.05) is 7.11 Å². The van der Waals surface area contributed by atoms with Crippen molar-refractivity contribution in [2.24, 2.45) is 11.8 Å². The van der Waals surface area contributed by atoms with Gasteiger partial charge >= 0.3 is 0 Å². The standard InChI is InChI=1S/C18H29NO/c1-12-7-9-18(20-5)16(10-12)15(4)19-17-11-13(2)6-8-14(17)3/h7,9-10,13-15,17,19H,6,8,11H2,1-5H3. The minimum atomic E-state index is 0.336. The molecule has 1 fully saturated rings. The summed E-state index contributed by atoms with van der Waals surface area (Å²) in [5.41, 5.74) is 2.57. The summed E-state index contributed by atoms with van der Waals surface area (Å²) in [6, 6.07) is 7.39. The lowest BCUT2D eigenvalue weighted by Crippen LogP contribution is -2.40. The Balaban J connectivity index is 2.11. The summed E-state index contributed by atoms with van der Waals surface area (Å²) in [6.45, 7) is 9.15. The van der Waals surface area contributed by atoms with Crippen molar-refractivity contribution in [1.82, 2.24) is 5.32 Å². The number of hydrogen-bond donors (Lipinski definition) is 1. The summed E-state index contributed by atoms with van der Waals surface area (Å²) in [4.78, 5) is 0. The van der Waals surface area contributed by atoms with Crippen molar-refractivity contribution in [2.45, 2.75) is 59.0 Å². The molecule has 4 atom stereocenters. The summed E-state index contributed by atoms with van der Waals surface area (Å²) in [6.07, 6.45) is 4.01. The summed E-state index contributed by atoms with van der Waals surface area (Å²) < 4.78 is 5.52. The van der Waals surface area contributed by atoms with Crippen molar-refractivity contribution in [1.29, 1.82) is 0 Å². The van der Waals surface area contributed by atoms with Crippen molar-refractivity contribution >= 4 is 0 Å². The number of aryl methyl sites for hydroxylation is 1. The van der Waals surface area contributed by atoms with Crippen LogP contribution in [0.5, 0.6) is 5.75 Å². The molecule has 20 heavy (non-hydrogen) atoms. The van der Waals surface area contributed by atoms with Gasteiger partial charge in [-0.3, -0.25) is 0 Å². The molecule has 1 aromatic rings. The van der Waals surface area contributed by atoms with Gasteiger partial charge in [-0.15, -0.1) is 0 Å². The largest absolute Gasteiger partial charge is 0.496 e. The molecule has 1 aliphatic carbocycles. The van der Waals surface area contributed by atoms with E-state index in [2.05, 4.69) is 51.2 Å². The number of hydrogen-bond acceptors (Lipinski definition) is 2. The molecular formula is C18H29NO. The predicted molar refractivity (Wildman–Crippen MR) is 85.2 cm³/mol. The lowest BCUT2D eigenvalue weighted by atomic mass is 9.79. The molecule has 0 saturated heterocycles. The number of nitrogens with one attached hydrogen (secondary N) is 1. The van der Waals surface area contributed by atoms with Gasteiger partial charge in [-0.1, -0.05) is 38.0 Å². The molecule has 1 aromatic carbocycles. The zero-order valence-corrected chi connectivity index (χ0v) is 13.6. The fourth-order valence-electron chi connectivity index (χ4n) is 3.37. The molecule has 2 heteroatoms. The Labute approximate surface area is 123 Å². The van der Waals surface area contributed by atoms with Crippen LogP contribution in [0.25, 0.3) is 0 Å². The van der Waals surface area contributed by atoms with Gasteiger partial charge in [-0.05, 0) is 44.6 Å². The van der Waals surface area contributed by atoms with E-state index in [1.54, 1.807) is 7.11 Å². The van der Waals surface area contributed by atoms with E-state index in [1.807, 2.05) is 0 Å². The number of rotatable bonds is 4. The van der Waals surface area contributed by atoms with Crippen LogP contribution in [0.1, 0.15) is 57.2 Å². The van der Waals surface area contributed by atoms with E-state index in [-0.39, 0.29) is 0 Å². The molecule has 2 nitrogen and oxygen atoms in total. The molecule has 1 saturated carbocycles. The van der Waals surface area contributed by atoms with Gasteiger partial charge in [0.2, 0.25) is 0 Å². The number of ether oxygens (including phenoxy) is 1. The van der Waals surface area contributed by atoms with Crippen LogP contribution >= 0.6 is 0 Å². The lowest BCUT2D eigenvalue weighted by molar-refractivity contribution is 0.215. The van der Waals surface area contributed by atoms with E-state index in [1.165, 1.54) is 30.4 Å². The van der Waals surface area contributed by atoms with Gasteiger partial charge < -0.3 is 10.1 Å². The normalized spacial score (nSPS) is 28.1. The van der Waals surface area contributed by atoms with E-state index in [0.717, 1.165) is 17.6 Å². The third-order valence-corrected chi connectivity index (χ3v) is 4.77. The second kappa shape index (κ2) is 6.62. The van der Waals surface area contributed by atoms with Crippen LogP contribution < -0.4 is 10.1 Å². The van der Waals surface area contributed by atoms with E-state index in [4.69, 9.17) is 4.74 Å². The molecule has 0 radical (unpaired) electrons. The summed E-state index contributed by atoms with van der Waals surface area (Å²) in [7, 11) is 1.76. The first-order valence-electron chi connectivity index (χ1n) is 7.91. The molecule has 1 N–H and O–H groups in total. The molecule has 0 heterocycles. The van der Waals surface area contributed by atoms with E-state index in [0.29, 0.717) is 12.1 Å². The quantitative estimate of drug-likeness (QED) is 0.875. The molecule has 2 rings (SSSR count). The Kier molecular flexibility index (Phi) is 5.09. The second-order valence-electron chi connectivity index (χ2n) is 6.64. The highest BCUT2D eigenvalue weighted by Crippen LogP contribution is 2.32. The first-order chi connectivity index (χ1) is 9.51. The average molecular weight is 275 g/mol. The van der Waals surface area contributed by atoms with Gasteiger partial charge in [-0.2, -0.15) is 0 Å². The molecule has 0 aliphatic heterocycles. The van der Waals surface area contributed by atoms with Crippen LogP contribution in [-0.2, 0) is 0 Å². The third kappa shape index (κ3) is 3.54. The highest BCUT2D eigenvalue weighted by molar-refractivity contribution is 5.38. The monoisotopic (exact) mass is 275 g/mol. The lowest BCUT2D eigenvalue weighted by Gasteiger charge is -2.35. The van der Waals surface area contributed by atoms with Gasteiger partial charge in [0.15, 0.2) is 0 Å². The average Bonchev–Trinajstić information content (AvgIpc) is 2.42. The minimum Gasteiger partial charge on any atom is -0.496 e. The smallest absolute Gasteiger partial charge is 0.123 e. The Hall–Kier alpha value is -1.02. The first kappa shape index (κ1) is 15.4. The summed E-state index contributed by atoms with van der Waals surface area (Å²) in [5.74, 6) is 2.60. The second-order valence-corrected chi connectivity index (χ2v) is 6.64. The summed E-state index contributed by atoms with van der Waals surface area (Å²) >= 11 is 0. The van der Waals surface area contributed by atoms with Crippen LogP contribution in [0.4, 0.5) is 0 Å².